The number of ketones is 1. The van der Waals surface area contributed by atoms with Crippen molar-refractivity contribution in [3.8, 4) is 27.8 Å². The molecule has 20 heteroatoms. The predicted molar refractivity (Wildman–Crippen MR) is 271 cm³/mol. The Kier molecular flexibility index (Phi) is 17.2. The maximum Gasteiger partial charge on any atom is 0.272 e. The number of amides is 3. The molecule has 1 saturated carbocycles. The molecule has 7 rings (SSSR count). The molecule has 0 spiro atoms. The van der Waals surface area contributed by atoms with E-state index in [1.165, 1.54) is 0 Å². The zero-order valence-corrected chi connectivity index (χ0v) is 42.8. The van der Waals surface area contributed by atoms with Crippen molar-refractivity contribution < 1.29 is 29.1 Å². The summed E-state index contributed by atoms with van der Waals surface area (Å²) < 4.78 is 1.72. The molecule has 71 heavy (non-hydrogen) atoms. The number of aryl methyl sites for hydroxylation is 1. The van der Waals surface area contributed by atoms with Crippen LogP contribution < -0.4 is 16.0 Å². The van der Waals surface area contributed by atoms with Gasteiger partial charge in [-0.05, 0) is 81.3 Å². The molecule has 2 aliphatic rings. The number of aliphatic hydroxyl groups excluding tert-OH is 1. The second kappa shape index (κ2) is 23.3. The molecule has 1 saturated heterocycles. The van der Waals surface area contributed by atoms with Gasteiger partial charge in [0.1, 0.15) is 18.4 Å². The van der Waals surface area contributed by atoms with Crippen LogP contribution in [0.3, 0.4) is 0 Å². The van der Waals surface area contributed by atoms with Crippen molar-refractivity contribution in [3.63, 3.8) is 0 Å². The Hall–Kier alpha value is -6.30. The van der Waals surface area contributed by atoms with E-state index in [-0.39, 0.29) is 60.7 Å². The number of hydrogen-bond acceptors (Lipinski definition) is 14. The van der Waals surface area contributed by atoms with Gasteiger partial charge in [0.2, 0.25) is 11.8 Å². The molecule has 2 fully saturated rings. The van der Waals surface area contributed by atoms with E-state index in [0.29, 0.717) is 73.6 Å². The van der Waals surface area contributed by atoms with Gasteiger partial charge in [0.05, 0.1) is 75.3 Å². The monoisotopic (exact) mass is 1010 g/mol. The van der Waals surface area contributed by atoms with Crippen LogP contribution in [0.5, 0.6) is 0 Å². The number of nitrogens with zero attached hydrogens (tertiary/aromatic N) is 8. The largest absolute Gasteiger partial charge is 0.394 e. The van der Waals surface area contributed by atoms with Crippen LogP contribution in [0.4, 0.5) is 0 Å². The molecule has 3 amide bonds. The van der Waals surface area contributed by atoms with Crippen LogP contribution in [-0.4, -0.2) is 133 Å². The average molecular weight is 1010 g/mol. The molecule has 376 valence electrons. The summed E-state index contributed by atoms with van der Waals surface area (Å²) in [7, 11) is 0. The summed E-state index contributed by atoms with van der Waals surface area (Å²) in [5.74, 6) is -2.61. The van der Waals surface area contributed by atoms with Gasteiger partial charge in [0.15, 0.2) is 11.5 Å². The van der Waals surface area contributed by atoms with Gasteiger partial charge >= 0.3 is 0 Å². The number of Topliss-reactive ketones (excluding diaryl/α,β-unsaturated/α-hetero) is 1. The van der Waals surface area contributed by atoms with Gasteiger partial charge in [0.25, 0.3) is 5.91 Å². The number of rotatable bonds is 19. The van der Waals surface area contributed by atoms with E-state index in [1.807, 2.05) is 89.7 Å². The van der Waals surface area contributed by atoms with Gasteiger partial charge in [-0.25, -0.2) is 4.98 Å². The van der Waals surface area contributed by atoms with Crippen LogP contribution in [0.15, 0.2) is 71.5 Å². The van der Waals surface area contributed by atoms with Crippen molar-refractivity contribution in [2.24, 2.45) is 22.4 Å². The zero-order valence-electron chi connectivity index (χ0n) is 41.2. The number of thiazole rings is 1. The normalized spacial score (nSPS) is 19.1. The Morgan fingerprint density at radius 3 is 2.37 bits per heavy atom. The number of halogens is 1. The van der Waals surface area contributed by atoms with E-state index in [9.17, 15) is 24.3 Å². The summed E-state index contributed by atoms with van der Waals surface area (Å²) in [5, 5.41) is 45.1. The predicted octanol–water partition coefficient (Wildman–Crippen LogP) is 5.77. The fourth-order valence-electron chi connectivity index (χ4n) is 9.02. The van der Waals surface area contributed by atoms with Gasteiger partial charge < -0.3 is 25.9 Å². The lowest BCUT2D eigenvalue weighted by atomic mass is 9.77. The Morgan fingerprint density at radius 2 is 1.69 bits per heavy atom. The van der Waals surface area contributed by atoms with Crippen LogP contribution in [0, 0.1) is 35.5 Å². The van der Waals surface area contributed by atoms with Crippen molar-refractivity contribution >= 4 is 52.2 Å². The number of benzene rings is 2. The third kappa shape index (κ3) is 13.6. The molecule has 0 radical (unpaired) electrons. The summed E-state index contributed by atoms with van der Waals surface area (Å²) in [6.45, 7) is 17.4. The van der Waals surface area contributed by atoms with E-state index in [0.717, 1.165) is 27.3 Å². The molecule has 6 atom stereocenters. The number of H-pyrrole nitrogens is 1. The van der Waals surface area contributed by atoms with E-state index in [1.54, 1.807) is 47.2 Å². The van der Waals surface area contributed by atoms with Gasteiger partial charge in [-0.2, -0.15) is 15.5 Å². The molecule has 1 unspecified atom stereocenters. The van der Waals surface area contributed by atoms with E-state index >= 15 is 0 Å². The Bertz CT molecular complexity index is 2750. The number of aliphatic hydroxyl groups is 1. The van der Waals surface area contributed by atoms with Crippen molar-refractivity contribution in [1.82, 2.24) is 50.7 Å². The standard InChI is InChI=1S/C51H63ClN12O6S/c1-30(27-64-15-14-42(60-64)36-12-13-37(26-53)41(52)22-36)55-50(69)44-25-43(58-59-44)32(3)61-70-21-20-62-16-18-63(19-17-62)28-45(66)57-48(51(5,6)7)46(67)39-23-38(65)24-40(39)49(68)56-31(2)34-8-10-35(11-9-34)47-33(4)54-29-71-47/h8-15,22,25,29-31,38-40,48,65H,16-21,23-24,27-28H2,1-7H3,(H,55,69)(H,56,68)(H,57,66)(H,58,59)/b61-32+/t30-,31-,38-,39?,40+,48+/m0/s1. The van der Waals surface area contributed by atoms with Crippen LogP contribution in [0.25, 0.3) is 21.7 Å². The average Bonchev–Trinajstić information content (AvgIpc) is 4.18. The summed E-state index contributed by atoms with van der Waals surface area (Å²) in [6.07, 6.45) is 1.35. The number of hydrogen-bond donors (Lipinski definition) is 5. The van der Waals surface area contributed by atoms with Gasteiger partial charge in [0, 0.05) is 56.4 Å². The van der Waals surface area contributed by atoms with Crippen LogP contribution >= 0.6 is 22.9 Å². The number of piperazine rings is 1. The summed E-state index contributed by atoms with van der Waals surface area (Å²) in [6, 6.07) is 17.2. The van der Waals surface area contributed by atoms with Crippen LogP contribution in [0.1, 0.15) is 93.4 Å². The fourth-order valence-corrected chi connectivity index (χ4v) is 10.1. The first kappa shape index (κ1) is 52.5. The zero-order chi connectivity index (χ0) is 51.0. The molecule has 1 aliphatic heterocycles. The Morgan fingerprint density at radius 1 is 0.986 bits per heavy atom. The maximum atomic E-state index is 14.3. The number of oxime groups is 1. The first-order chi connectivity index (χ1) is 33.9. The van der Waals surface area contributed by atoms with Gasteiger partial charge in [-0.1, -0.05) is 67.9 Å². The van der Waals surface area contributed by atoms with Gasteiger partial charge in [-0.15, -0.1) is 11.3 Å². The lowest BCUT2D eigenvalue weighted by Crippen LogP contribution is -2.56. The second-order valence-electron chi connectivity index (χ2n) is 19.6. The summed E-state index contributed by atoms with van der Waals surface area (Å²) in [4.78, 5) is 70.0. The second-order valence-corrected chi connectivity index (χ2v) is 20.9. The highest BCUT2D eigenvalue weighted by molar-refractivity contribution is 7.13. The third-order valence-corrected chi connectivity index (χ3v) is 14.4. The number of aromatic nitrogens is 5. The van der Waals surface area contributed by atoms with Crippen LogP contribution in [-0.2, 0) is 25.8 Å². The molecular weight excluding hydrogens is 944 g/mol. The Labute approximate surface area is 423 Å². The minimum Gasteiger partial charge on any atom is -0.394 e. The van der Waals surface area contributed by atoms with Crippen LogP contribution in [0.2, 0.25) is 5.02 Å². The fraction of sp³-hybridized carbons (Fsp3) is 0.471. The number of carbonyl (C=O) groups excluding carboxylic acids is 4. The number of carbonyl (C=O) groups is 4. The maximum absolute atomic E-state index is 14.3. The molecule has 0 bridgehead atoms. The van der Waals surface area contributed by atoms with E-state index in [4.69, 9.17) is 21.7 Å². The number of nitrogens with one attached hydrogen (secondary N) is 4. The number of nitriles is 1. The highest BCUT2D eigenvalue weighted by atomic mass is 35.5. The smallest absolute Gasteiger partial charge is 0.272 e. The Balaban J connectivity index is 0.818. The SMILES string of the molecule is C/C(=N\OCCN1CCN(CC(=O)N[C@H](C(=O)C2C[C@H](O)C[C@H]2C(=O)N[C@@H](C)c2ccc(-c3scnc3C)cc2)C(C)(C)C)CC1)c1cc(C(=O)N[C@@H](C)Cn2ccc(-c3ccc(C#N)c(Cl)c3)n2)n[nH]1. The molecule has 5 aromatic rings. The first-order valence-electron chi connectivity index (χ1n) is 23.9. The van der Waals surface area contributed by atoms with E-state index < -0.39 is 29.4 Å². The molecule has 1 aliphatic carbocycles. The lowest BCUT2D eigenvalue weighted by Gasteiger charge is -2.36. The highest BCUT2D eigenvalue weighted by Crippen LogP contribution is 2.37. The summed E-state index contributed by atoms with van der Waals surface area (Å²) in [5.41, 5.74) is 7.27. The minimum atomic E-state index is -0.852. The minimum absolute atomic E-state index is 0.120. The molecule has 2 aromatic carbocycles. The quantitative estimate of drug-likeness (QED) is 0.0377. The van der Waals surface area contributed by atoms with Crippen molar-refractivity contribution in [2.45, 2.75) is 92.1 Å². The first-order valence-corrected chi connectivity index (χ1v) is 25.2. The van der Waals surface area contributed by atoms with Crippen molar-refractivity contribution in [2.75, 3.05) is 45.9 Å². The topological polar surface area (TPSA) is 236 Å². The highest BCUT2D eigenvalue weighted by Gasteiger charge is 2.47. The molecule has 5 N–H and O–H groups in total. The lowest BCUT2D eigenvalue weighted by molar-refractivity contribution is -0.137. The van der Waals surface area contributed by atoms with E-state index in [2.05, 4.69) is 51.2 Å². The van der Waals surface area contributed by atoms with Gasteiger partial charge in [-0.3, -0.25) is 38.8 Å². The van der Waals surface area contributed by atoms with Crippen molar-refractivity contribution in [1.29, 1.82) is 5.26 Å². The molecular formula is C51H63ClN12O6S. The third-order valence-electron chi connectivity index (χ3n) is 13.1. The van der Waals surface area contributed by atoms with Crippen molar-refractivity contribution in [3.05, 3.63) is 99.5 Å². The number of aromatic amines is 1. The summed E-state index contributed by atoms with van der Waals surface area (Å²) >= 11 is 7.78. The molecule has 18 nitrogen and oxygen atoms in total. The molecule has 4 heterocycles. The molecule has 3 aromatic heterocycles.